The van der Waals surface area contributed by atoms with Gasteiger partial charge in [0, 0.05) is 17.5 Å². The number of hydrogen-bond donors (Lipinski definition) is 1. The molecule has 1 N–H and O–H groups in total. The van der Waals surface area contributed by atoms with Crippen LogP contribution in [0.1, 0.15) is 78.1 Å². The minimum absolute atomic E-state index is 0.0340. The third-order valence-electron chi connectivity index (χ3n) is 8.95. The second kappa shape index (κ2) is 12.3. The summed E-state index contributed by atoms with van der Waals surface area (Å²) in [5, 5.41) is 2.64. The van der Waals surface area contributed by atoms with Crippen LogP contribution in [0.3, 0.4) is 0 Å². The molecule has 0 unspecified atom stereocenters. The minimum Gasteiger partial charge on any atom is -0.462 e. The molecule has 7 rings (SSSR count). The van der Waals surface area contributed by atoms with Gasteiger partial charge in [-0.1, -0.05) is 69.3 Å². The first kappa shape index (κ1) is 30.2. The number of carbonyl (C=O) groups is 5. The molecule has 3 aliphatic carbocycles. The highest BCUT2D eigenvalue weighted by atomic mass is 16.5. The van der Waals surface area contributed by atoms with Crippen LogP contribution in [0.5, 0.6) is 0 Å². The van der Waals surface area contributed by atoms with E-state index in [1.807, 2.05) is 69.3 Å². The number of rotatable bonds is 10. The molecule has 232 valence electrons. The summed E-state index contributed by atoms with van der Waals surface area (Å²) in [6, 6.07) is 21.0. The molecule has 9 heteroatoms. The molecule has 1 aliphatic heterocycles. The molecule has 2 bridgehead atoms. The number of ether oxygens (including phenoxy) is 2. The Bertz CT molecular complexity index is 1550. The van der Waals surface area contributed by atoms with E-state index in [0.717, 1.165) is 27.2 Å². The van der Waals surface area contributed by atoms with Gasteiger partial charge in [0.05, 0.1) is 24.0 Å². The van der Waals surface area contributed by atoms with E-state index in [1.165, 1.54) is 12.1 Å². The topological polar surface area (TPSA) is 119 Å². The molecule has 0 radical (unpaired) electrons. The van der Waals surface area contributed by atoms with E-state index in [1.54, 1.807) is 12.1 Å². The first-order valence-electron chi connectivity index (χ1n) is 15.5. The van der Waals surface area contributed by atoms with Gasteiger partial charge >= 0.3 is 11.9 Å². The number of imide groups is 1. The summed E-state index contributed by atoms with van der Waals surface area (Å²) in [7, 11) is 0. The summed E-state index contributed by atoms with van der Waals surface area (Å²) >= 11 is 0. The van der Waals surface area contributed by atoms with Crippen molar-refractivity contribution in [3.63, 3.8) is 0 Å². The van der Waals surface area contributed by atoms with Gasteiger partial charge in [0.2, 0.25) is 11.8 Å². The highest BCUT2D eigenvalue weighted by Gasteiger charge is 2.63. The van der Waals surface area contributed by atoms with Crippen molar-refractivity contribution in [1.82, 2.24) is 4.90 Å². The maximum Gasteiger partial charge on any atom is 0.338 e. The van der Waals surface area contributed by atoms with Crippen LogP contribution < -0.4 is 5.32 Å². The van der Waals surface area contributed by atoms with Crippen molar-refractivity contribution < 1.29 is 33.4 Å². The lowest BCUT2D eigenvalue weighted by Gasteiger charge is -2.45. The molecule has 0 saturated carbocycles. The number of likely N-dealkylation sites (tertiary alicyclic amines) is 1. The first-order valence-corrected chi connectivity index (χ1v) is 15.5. The SMILES string of the molecule is CCCOC(=O)c1ccc(NC(=O)COC(=O)[C@@H](CC(C)C)N2C(=O)[C@@H]3C4c5ccccc5C(c5ccccc54)[C@@H]3C2=O)cc1. The van der Waals surface area contributed by atoms with Gasteiger partial charge in [-0.2, -0.15) is 0 Å². The summed E-state index contributed by atoms with van der Waals surface area (Å²) < 4.78 is 10.5. The largest absolute Gasteiger partial charge is 0.462 e. The zero-order valence-electron chi connectivity index (χ0n) is 25.5. The lowest BCUT2D eigenvalue weighted by atomic mass is 9.55. The predicted molar refractivity (Wildman–Crippen MR) is 165 cm³/mol. The van der Waals surface area contributed by atoms with Gasteiger partial charge in [-0.3, -0.25) is 19.3 Å². The highest BCUT2D eigenvalue weighted by molar-refractivity contribution is 6.10. The Morgan fingerprint density at radius 2 is 1.29 bits per heavy atom. The van der Waals surface area contributed by atoms with Crippen LogP contribution in [-0.2, 0) is 28.7 Å². The Balaban J connectivity index is 1.18. The molecule has 45 heavy (non-hydrogen) atoms. The van der Waals surface area contributed by atoms with Gasteiger partial charge < -0.3 is 14.8 Å². The average Bonchev–Trinajstić information content (AvgIpc) is 3.31. The Morgan fingerprint density at radius 1 is 0.778 bits per heavy atom. The molecule has 3 amide bonds. The van der Waals surface area contributed by atoms with Gasteiger partial charge in [-0.25, -0.2) is 9.59 Å². The molecule has 1 saturated heterocycles. The number of anilines is 1. The molecular formula is C36H36N2O7. The molecule has 9 nitrogen and oxygen atoms in total. The Labute approximate surface area is 261 Å². The van der Waals surface area contributed by atoms with E-state index in [2.05, 4.69) is 5.32 Å². The van der Waals surface area contributed by atoms with Crippen molar-refractivity contribution in [3.8, 4) is 0 Å². The van der Waals surface area contributed by atoms with E-state index in [-0.39, 0.29) is 36.0 Å². The number of nitrogens with zero attached hydrogens (tertiary/aromatic N) is 1. The zero-order chi connectivity index (χ0) is 31.8. The van der Waals surface area contributed by atoms with Crippen molar-refractivity contribution >= 4 is 35.3 Å². The van der Waals surface area contributed by atoms with Crippen molar-refractivity contribution in [2.24, 2.45) is 17.8 Å². The summed E-state index contributed by atoms with van der Waals surface area (Å²) in [6.07, 6.45) is 0.920. The first-order chi connectivity index (χ1) is 21.7. The predicted octanol–water partition coefficient (Wildman–Crippen LogP) is 5.04. The number of esters is 2. The molecule has 1 heterocycles. The Morgan fingerprint density at radius 3 is 1.76 bits per heavy atom. The van der Waals surface area contributed by atoms with Gasteiger partial charge in [0.25, 0.3) is 5.91 Å². The van der Waals surface area contributed by atoms with Crippen LogP contribution in [0.15, 0.2) is 72.8 Å². The minimum atomic E-state index is -1.15. The molecule has 0 spiro atoms. The van der Waals surface area contributed by atoms with Crippen molar-refractivity contribution in [1.29, 1.82) is 0 Å². The van der Waals surface area contributed by atoms with E-state index in [0.29, 0.717) is 24.3 Å². The van der Waals surface area contributed by atoms with Gasteiger partial charge in [0.1, 0.15) is 6.04 Å². The van der Waals surface area contributed by atoms with Crippen LogP contribution in [-0.4, -0.2) is 53.8 Å². The van der Waals surface area contributed by atoms with E-state index in [4.69, 9.17) is 9.47 Å². The molecule has 3 aromatic rings. The molecule has 3 aromatic carbocycles. The lowest BCUT2D eigenvalue weighted by molar-refractivity contribution is -0.160. The van der Waals surface area contributed by atoms with E-state index < -0.39 is 42.3 Å². The van der Waals surface area contributed by atoms with Crippen LogP contribution >= 0.6 is 0 Å². The van der Waals surface area contributed by atoms with Crippen LogP contribution in [0.2, 0.25) is 0 Å². The molecule has 1 fully saturated rings. The fourth-order valence-electron chi connectivity index (χ4n) is 7.16. The number of benzene rings is 3. The maximum absolute atomic E-state index is 14.2. The fraction of sp³-hybridized carbons (Fsp3) is 0.361. The van der Waals surface area contributed by atoms with Crippen molar-refractivity contribution in [2.75, 3.05) is 18.5 Å². The fourth-order valence-corrected chi connectivity index (χ4v) is 7.16. The summed E-state index contributed by atoms with van der Waals surface area (Å²) in [6.45, 7) is 5.43. The number of carbonyl (C=O) groups excluding carboxylic acids is 5. The van der Waals surface area contributed by atoms with Gasteiger partial charge in [0.15, 0.2) is 6.61 Å². The number of nitrogens with one attached hydrogen (secondary N) is 1. The average molecular weight is 609 g/mol. The van der Waals surface area contributed by atoms with Gasteiger partial charge in [-0.05, 0) is 65.3 Å². The second-order valence-electron chi connectivity index (χ2n) is 12.3. The normalized spacial score (nSPS) is 21.6. The summed E-state index contributed by atoms with van der Waals surface area (Å²) in [4.78, 5) is 67.8. The Hall–Kier alpha value is -4.79. The van der Waals surface area contributed by atoms with E-state index >= 15 is 0 Å². The number of hydrogen-bond acceptors (Lipinski definition) is 7. The van der Waals surface area contributed by atoms with E-state index in [9.17, 15) is 24.0 Å². The summed E-state index contributed by atoms with van der Waals surface area (Å²) in [5.74, 6) is -4.40. The van der Waals surface area contributed by atoms with Crippen LogP contribution in [0.4, 0.5) is 5.69 Å². The Kier molecular flexibility index (Phi) is 8.27. The monoisotopic (exact) mass is 608 g/mol. The lowest BCUT2D eigenvalue weighted by Crippen LogP contribution is -2.47. The zero-order valence-corrected chi connectivity index (χ0v) is 25.5. The molecular weight excluding hydrogens is 572 g/mol. The number of amides is 3. The third-order valence-corrected chi connectivity index (χ3v) is 8.95. The highest BCUT2D eigenvalue weighted by Crippen LogP contribution is 2.61. The van der Waals surface area contributed by atoms with Crippen molar-refractivity contribution in [2.45, 2.75) is 51.5 Å². The van der Waals surface area contributed by atoms with Crippen molar-refractivity contribution in [3.05, 3.63) is 101 Å². The molecule has 4 aliphatic rings. The quantitative estimate of drug-likeness (QED) is 0.253. The standard InChI is InChI=1S/C36H36N2O7/c1-4-17-44-35(42)21-13-15-22(16-14-21)37-28(39)19-45-36(43)27(18-20(2)3)38-33(40)31-29-23-9-5-6-10-24(23)30(32(31)34(38)41)26-12-8-7-11-25(26)29/h5-16,20,27,29-32H,4,17-19H2,1-3H3,(H,37,39)/t27-,29?,30?,31-,32+/m1/s1. The smallest absolute Gasteiger partial charge is 0.338 e. The molecule has 3 atom stereocenters. The maximum atomic E-state index is 14.2. The third kappa shape index (κ3) is 5.41. The molecule has 0 aromatic heterocycles. The van der Waals surface area contributed by atoms with Crippen LogP contribution in [0.25, 0.3) is 0 Å². The van der Waals surface area contributed by atoms with Gasteiger partial charge in [-0.15, -0.1) is 0 Å². The second-order valence-corrected chi connectivity index (χ2v) is 12.3. The van der Waals surface area contributed by atoms with Crippen LogP contribution in [0, 0.1) is 17.8 Å². The summed E-state index contributed by atoms with van der Waals surface area (Å²) in [5.41, 5.74) is 4.97.